The summed E-state index contributed by atoms with van der Waals surface area (Å²) in [6, 6.07) is 9.97. The highest BCUT2D eigenvalue weighted by atomic mass is 16.6. The van der Waals surface area contributed by atoms with Gasteiger partial charge in [0.05, 0.1) is 0 Å². The van der Waals surface area contributed by atoms with Gasteiger partial charge >= 0.3 is 11.9 Å². The second kappa shape index (κ2) is 6.89. The number of rotatable bonds is 6. The lowest BCUT2D eigenvalue weighted by Crippen LogP contribution is -2.29. The van der Waals surface area contributed by atoms with Crippen LogP contribution in [0.3, 0.4) is 0 Å². The van der Waals surface area contributed by atoms with Gasteiger partial charge in [0.15, 0.2) is 0 Å². The van der Waals surface area contributed by atoms with E-state index in [1.165, 1.54) is 5.56 Å². The number of carboxylic acid groups (broad SMARTS) is 1. The Morgan fingerprint density at radius 2 is 1.85 bits per heavy atom. The van der Waals surface area contributed by atoms with Crippen LogP contribution in [0.4, 0.5) is 0 Å². The van der Waals surface area contributed by atoms with Gasteiger partial charge in [-0.1, -0.05) is 37.3 Å². The topological polar surface area (TPSA) is 63.6 Å². The van der Waals surface area contributed by atoms with Gasteiger partial charge in [-0.15, -0.1) is 0 Å². The van der Waals surface area contributed by atoms with Crippen molar-refractivity contribution in [3.8, 4) is 0 Å². The first-order valence-corrected chi connectivity index (χ1v) is 6.49. The molecule has 0 spiro atoms. The number of carboxylic acids is 1. The van der Waals surface area contributed by atoms with Gasteiger partial charge in [-0.05, 0) is 31.7 Å². The van der Waals surface area contributed by atoms with E-state index in [0.717, 1.165) is 12.2 Å². The summed E-state index contributed by atoms with van der Waals surface area (Å²) in [5, 5.41) is 8.46. The van der Waals surface area contributed by atoms with Gasteiger partial charge in [0.1, 0.15) is 5.60 Å². The van der Waals surface area contributed by atoms with Gasteiger partial charge in [0.2, 0.25) is 0 Å². The second-order valence-corrected chi connectivity index (χ2v) is 5.37. The van der Waals surface area contributed by atoms with Gasteiger partial charge in [-0.25, -0.2) is 9.59 Å². The number of ether oxygens (including phenoxy) is 1. The minimum absolute atomic E-state index is 0.238. The molecule has 4 nitrogen and oxygen atoms in total. The Morgan fingerprint density at radius 3 is 2.40 bits per heavy atom. The Hall–Kier alpha value is -2.10. The lowest BCUT2D eigenvalue weighted by molar-refractivity contribution is -0.151. The van der Waals surface area contributed by atoms with Gasteiger partial charge in [0.25, 0.3) is 0 Å². The van der Waals surface area contributed by atoms with Crippen molar-refractivity contribution in [2.24, 2.45) is 0 Å². The minimum Gasteiger partial charge on any atom is -0.478 e. The average molecular weight is 276 g/mol. The van der Waals surface area contributed by atoms with Crippen molar-refractivity contribution >= 4 is 11.9 Å². The molecule has 0 aliphatic heterocycles. The van der Waals surface area contributed by atoms with Crippen LogP contribution in [0.15, 0.2) is 42.5 Å². The van der Waals surface area contributed by atoms with Gasteiger partial charge < -0.3 is 9.84 Å². The molecule has 0 saturated heterocycles. The van der Waals surface area contributed by atoms with Crippen LogP contribution in [-0.2, 0) is 14.3 Å². The molecule has 1 unspecified atom stereocenters. The zero-order valence-corrected chi connectivity index (χ0v) is 12.0. The molecule has 0 heterocycles. The minimum atomic E-state index is -1.17. The molecule has 1 aromatic rings. The quantitative estimate of drug-likeness (QED) is 0.640. The molecule has 0 aliphatic carbocycles. The Bertz CT molecular complexity index is 488. The van der Waals surface area contributed by atoms with Crippen molar-refractivity contribution in [2.75, 3.05) is 0 Å². The van der Waals surface area contributed by atoms with Crippen LogP contribution in [0, 0.1) is 0 Å². The molecule has 4 heteroatoms. The van der Waals surface area contributed by atoms with Crippen LogP contribution >= 0.6 is 0 Å². The van der Waals surface area contributed by atoms with Crippen LogP contribution in [-0.4, -0.2) is 22.6 Å². The van der Waals surface area contributed by atoms with Crippen LogP contribution in [0.5, 0.6) is 0 Å². The number of hydrogen-bond acceptors (Lipinski definition) is 3. The molecule has 0 radical (unpaired) electrons. The van der Waals surface area contributed by atoms with E-state index in [4.69, 9.17) is 9.84 Å². The first-order chi connectivity index (χ1) is 9.30. The lowest BCUT2D eigenvalue weighted by Gasteiger charge is -2.28. The summed E-state index contributed by atoms with van der Waals surface area (Å²) in [5.41, 5.74) is 0.521. The lowest BCUT2D eigenvalue weighted by atomic mass is 9.89. The van der Waals surface area contributed by atoms with Crippen molar-refractivity contribution in [3.63, 3.8) is 0 Å². The third-order valence-electron chi connectivity index (χ3n) is 2.91. The Kier molecular flexibility index (Phi) is 5.50. The van der Waals surface area contributed by atoms with Crippen LogP contribution in [0.1, 0.15) is 38.7 Å². The van der Waals surface area contributed by atoms with Crippen LogP contribution in [0.25, 0.3) is 0 Å². The second-order valence-electron chi connectivity index (χ2n) is 5.37. The fourth-order valence-electron chi connectivity index (χ4n) is 2.12. The van der Waals surface area contributed by atoms with Crippen molar-refractivity contribution in [1.82, 2.24) is 0 Å². The van der Waals surface area contributed by atoms with Gasteiger partial charge in [-0.2, -0.15) is 0 Å². The maximum absolute atomic E-state index is 11.5. The fraction of sp³-hybridized carbons (Fsp3) is 0.375. The third kappa shape index (κ3) is 5.69. The maximum Gasteiger partial charge on any atom is 0.331 e. The van der Waals surface area contributed by atoms with Crippen molar-refractivity contribution in [3.05, 3.63) is 48.0 Å². The highest BCUT2D eigenvalue weighted by molar-refractivity contribution is 5.90. The summed E-state index contributed by atoms with van der Waals surface area (Å²) in [4.78, 5) is 21.8. The molecular formula is C16H20O4. The molecule has 0 saturated carbocycles. The van der Waals surface area contributed by atoms with E-state index in [0.29, 0.717) is 6.42 Å². The molecule has 108 valence electrons. The van der Waals surface area contributed by atoms with E-state index in [1.807, 2.05) is 44.2 Å². The fourth-order valence-corrected chi connectivity index (χ4v) is 2.12. The normalized spacial score (nSPS) is 13.2. The molecule has 1 atom stereocenters. The summed E-state index contributed by atoms with van der Waals surface area (Å²) in [6.45, 7) is 5.70. The van der Waals surface area contributed by atoms with E-state index < -0.39 is 17.5 Å². The SMILES string of the molecule is CC(CC(C)(C)OC(=O)/C=C\C(=O)O)c1ccccc1. The Labute approximate surface area is 119 Å². The van der Waals surface area contributed by atoms with Crippen LogP contribution < -0.4 is 0 Å². The molecule has 1 rings (SSSR count). The van der Waals surface area contributed by atoms with E-state index in [-0.39, 0.29) is 5.92 Å². The summed E-state index contributed by atoms with van der Waals surface area (Å²) < 4.78 is 5.29. The highest BCUT2D eigenvalue weighted by Gasteiger charge is 2.25. The number of aliphatic carboxylic acids is 1. The number of benzene rings is 1. The predicted octanol–water partition coefficient (Wildman–Crippen LogP) is 3.14. The Morgan fingerprint density at radius 1 is 1.25 bits per heavy atom. The zero-order valence-electron chi connectivity index (χ0n) is 12.0. The molecule has 0 aromatic heterocycles. The molecule has 0 aliphatic rings. The first-order valence-electron chi connectivity index (χ1n) is 6.49. The summed E-state index contributed by atoms with van der Waals surface area (Å²) >= 11 is 0. The third-order valence-corrected chi connectivity index (χ3v) is 2.91. The maximum atomic E-state index is 11.5. The van der Waals surface area contributed by atoms with E-state index in [2.05, 4.69) is 6.92 Å². The molecule has 20 heavy (non-hydrogen) atoms. The monoisotopic (exact) mass is 276 g/mol. The molecular weight excluding hydrogens is 256 g/mol. The van der Waals surface area contributed by atoms with Crippen molar-refractivity contribution < 1.29 is 19.4 Å². The Balaban J connectivity index is 2.61. The molecule has 0 fully saturated rings. The van der Waals surface area contributed by atoms with Gasteiger partial charge in [-0.3, -0.25) is 0 Å². The first kappa shape index (κ1) is 16.0. The molecule has 0 amide bonds. The average Bonchev–Trinajstić information content (AvgIpc) is 2.36. The standard InChI is InChI=1S/C16H20O4/c1-12(13-7-5-4-6-8-13)11-16(2,3)20-15(19)10-9-14(17)18/h4-10,12H,11H2,1-3H3,(H,17,18)/b10-9-. The van der Waals surface area contributed by atoms with E-state index >= 15 is 0 Å². The van der Waals surface area contributed by atoms with Crippen molar-refractivity contribution in [1.29, 1.82) is 0 Å². The van der Waals surface area contributed by atoms with E-state index in [1.54, 1.807) is 0 Å². The number of carbonyl (C=O) groups is 2. The van der Waals surface area contributed by atoms with Crippen LogP contribution in [0.2, 0.25) is 0 Å². The highest BCUT2D eigenvalue weighted by Crippen LogP contribution is 2.27. The summed E-state index contributed by atoms with van der Waals surface area (Å²) in [6.07, 6.45) is 2.36. The number of hydrogen-bond donors (Lipinski definition) is 1. The smallest absolute Gasteiger partial charge is 0.331 e. The predicted molar refractivity (Wildman–Crippen MR) is 76.4 cm³/mol. The molecule has 0 bridgehead atoms. The number of esters is 1. The molecule has 1 aromatic carbocycles. The molecule has 1 N–H and O–H groups in total. The van der Waals surface area contributed by atoms with Crippen molar-refractivity contribution in [2.45, 2.75) is 38.7 Å². The largest absolute Gasteiger partial charge is 0.478 e. The van der Waals surface area contributed by atoms with Gasteiger partial charge in [0, 0.05) is 12.2 Å². The van der Waals surface area contributed by atoms with E-state index in [9.17, 15) is 9.59 Å². The number of carbonyl (C=O) groups excluding carboxylic acids is 1. The summed E-state index contributed by atoms with van der Waals surface area (Å²) in [5.74, 6) is -1.57. The zero-order chi connectivity index (χ0) is 15.2. The summed E-state index contributed by atoms with van der Waals surface area (Å²) in [7, 11) is 0.